The van der Waals surface area contributed by atoms with Crippen molar-refractivity contribution in [3.8, 4) is 16.5 Å². The molecular weight excluding hydrogens is 464 g/mol. The Labute approximate surface area is 205 Å². The van der Waals surface area contributed by atoms with Crippen molar-refractivity contribution >= 4 is 23.1 Å². The second kappa shape index (κ2) is 8.74. The molecule has 1 saturated heterocycles. The maximum Gasteiger partial charge on any atom is 0.326 e. The molecule has 182 valence electrons. The predicted molar refractivity (Wildman–Crippen MR) is 134 cm³/mol. The molecule has 6 rings (SSSR count). The van der Waals surface area contributed by atoms with Gasteiger partial charge >= 0.3 is 5.69 Å². The fourth-order valence-electron chi connectivity index (χ4n) is 4.52. The second-order valence-electron chi connectivity index (χ2n) is 9.59. The Bertz CT molecular complexity index is 1560. The fourth-order valence-corrected chi connectivity index (χ4v) is 5.53. The second-order valence-corrected chi connectivity index (χ2v) is 10.8. The number of nitrogens with one attached hydrogen (secondary N) is 2. The molecule has 2 aliphatic rings. The first-order chi connectivity index (χ1) is 16.9. The van der Waals surface area contributed by atoms with Gasteiger partial charge in [0.15, 0.2) is 11.1 Å². The van der Waals surface area contributed by atoms with Gasteiger partial charge in [-0.2, -0.15) is 9.61 Å². The van der Waals surface area contributed by atoms with Gasteiger partial charge in [0.25, 0.3) is 0 Å². The SMILES string of the molecule is CN(C)C1CCN(Cc2ccc(-c3cc(=NC4CC4)n4nc/c(=C/c5[nH]c(=O)[nH]c5O)c4n3)s2)C1. The molecule has 5 heterocycles. The summed E-state index contributed by atoms with van der Waals surface area (Å²) in [6.45, 7) is 3.16. The molecule has 3 N–H and O–H groups in total. The number of likely N-dealkylation sites (N-methyl/N-ethyl adjacent to an activating group) is 1. The maximum absolute atomic E-state index is 11.6. The Morgan fingerprint density at radius 3 is 2.86 bits per heavy atom. The number of nitrogens with zero attached hydrogens (tertiary/aromatic N) is 6. The van der Waals surface area contributed by atoms with E-state index < -0.39 is 5.69 Å². The molecule has 1 atom stereocenters. The van der Waals surface area contributed by atoms with E-state index in [1.54, 1.807) is 28.1 Å². The van der Waals surface area contributed by atoms with Crippen LogP contribution in [0.1, 0.15) is 29.8 Å². The van der Waals surface area contributed by atoms with Gasteiger partial charge in [-0.05, 0) is 51.6 Å². The number of hydrogen-bond donors (Lipinski definition) is 3. The van der Waals surface area contributed by atoms with Gasteiger partial charge in [0.1, 0.15) is 5.69 Å². The first-order valence-corrected chi connectivity index (χ1v) is 12.7. The van der Waals surface area contributed by atoms with Crippen LogP contribution in [0.4, 0.5) is 0 Å². The lowest BCUT2D eigenvalue weighted by Gasteiger charge is -2.19. The molecule has 4 aromatic heterocycles. The minimum absolute atomic E-state index is 0.213. The molecule has 1 aliphatic carbocycles. The largest absolute Gasteiger partial charge is 0.493 e. The number of thiophene rings is 1. The van der Waals surface area contributed by atoms with E-state index in [-0.39, 0.29) is 11.6 Å². The van der Waals surface area contributed by atoms with Crippen molar-refractivity contribution in [1.29, 1.82) is 0 Å². The topological polar surface area (TPSA) is 118 Å². The zero-order valence-electron chi connectivity index (χ0n) is 19.7. The molecule has 1 saturated carbocycles. The van der Waals surface area contributed by atoms with Gasteiger partial charge in [-0.3, -0.25) is 14.9 Å². The van der Waals surface area contributed by atoms with E-state index in [4.69, 9.17) is 9.98 Å². The van der Waals surface area contributed by atoms with Gasteiger partial charge in [-0.15, -0.1) is 11.3 Å². The molecule has 10 nitrogen and oxygen atoms in total. The highest BCUT2D eigenvalue weighted by Gasteiger charge is 2.24. The Morgan fingerprint density at radius 2 is 2.14 bits per heavy atom. The minimum Gasteiger partial charge on any atom is -0.493 e. The third-order valence-corrected chi connectivity index (χ3v) is 7.74. The summed E-state index contributed by atoms with van der Waals surface area (Å²) < 4.78 is 1.73. The van der Waals surface area contributed by atoms with Crippen molar-refractivity contribution in [3.05, 3.63) is 56.2 Å². The summed E-state index contributed by atoms with van der Waals surface area (Å²) in [5, 5.41) is 15.2. The van der Waals surface area contributed by atoms with Crippen LogP contribution < -0.4 is 16.4 Å². The lowest BCUT2D eigenvalue weighted by atomic mass is 10.2. The highest BCUT2D eigenvalue weighted by atomic mass is 32.1. The third kappa shape index (κ3) is 4.54. The predicted octanol–water partition coefficient (Wildman–Crippen LogP) is 0.926. The Kier molecular flexibility index (Phi) is 5.54. The van der Waals surface area contributed by atoms with Gasteiger partial charge in [0.2, 0.25) is 5.88 Å². The molecule has 1 aliphatic heterocycles. The molecule has 1 unspecified atom stereocenters. The highest BCUT2D eigenvalue weighted by Crippen LogP contribution is 2.28. The van der Waals surface area contributed by atoms with Crippen LogP contribution in [0.25, 0.3) is 22.3 Å². The standard InChI is InChI=1S/C24H28N8O2S/c1-30(2)16-7-8-31(12-16)13-17-5-6-20(35-17)18-10-21(26-15-3-4-15)32-22(27-18)14(11-25-32)9-19-23(33)29-24(34)28-19/h5-6,9-11,15-16,33H,3-4,7-8,12-13H2,1-2H3,(H2,28,29,34)/b14-9-,26-21?. The number of imidazole rings is 1. The molecule has 35 heavy (non-hydrogen) atoms. The first-order valence-electron chi connectivity index (χ1n) is 11.9. The lowest BCUT2D eigenvalue weighted by Crippen LogP contribution is -2.31. The van der Waals surface area contributed by atoms with Crippen LogP contribution >= 0.6 is 11.3 Å². The maximum atomic E-state index is 11.6. The zero-order valence-corrected chi connectivity index (χ0v) is 20.5. The number of rotatable bonds is 6. The molecule has 4 aromatic rings. The quantitative estimate of drug-likeness (QED) is 0.369. The summed E-state index contributed by atoms with van der Waals surface area (Å²) in [6, 6.07) is 7.28. The molecule has 0 radical (unpaired) electrons. The van der Waals surface area contributed by atoms with Gasteiger partial charge < -0.3 is 15.0 Å². The summed E-state index contributed by atoms with van der Waals surface area (Å²) in [5.41, 5.74) is 2.07. The average Bonchev–Trinajstić information content (AvgIpc) is 3.18. The smallest absolute Gasteiger partial charge is 0.326 e. The van der Waals surface area contributed by atoms with Crippen molar-refractivity contribution < 1.29 is 5.11 Å². The number of H-pyrrole nitrogens is 2. The summed E-state index contributed by atoms with van der Waals surface area (Å²) in [4.78, 5) is 33.5. The van der Waals surface area contributed by atoms with Crippen LogP contribution in [-0.2, 0) is 6.54 Å². The number of fused-ring (bicyclic) bond motifs is 1. The summed E-state index contributed by atoms with van der Waals surface area (Å²) in [5.74, 6) is -0.213. The average molecular weight is 493 g/mol. The normalized spacial score (nSPS) is 20.1. The summed E-state index contributed by atoms with van der Waals surface area (Å²) in [6.07, 6.45) is 6.73. The Balaban J connectivity index is 1.38. The molecule has 0 bridgehead atoms. The Morgan fingerprint density at radius 1 is 1.29 bits per heavy atom. The van der Waals surface area contributed by atoms with Crippen molar-refractivity contribution in [3.63, 3.8) is 0 Å². The van der Waals surface area contributed by atoms with Gasteiger partial charge in [-0.1, -0.05) is 0 Å². The number of hydrogen-bond acceptors (Lipinski definition) is 8. The number of aromatic hydroxyl groups is 1. The van der Waals surface area contributed by atoms with Crippen molar-refractivity contribution in [1.82, 2.24) is 34.4 Å². The van der Waals surface area contributed by atoms with Crippen LogP contribution in [-0.4, -0.2) is 78.7 Å². The summed E-state index contributed by atoms with van der Waals surface area (Å²) >= 11 is 1.76. The van der Waals surface area contributed by atoms with Crippen molar-refractivity contribution in [2.75, 3.05) is 27.2 Å². The molecule has 0 aromatic carbocycles. The fraction of sp³-hybridized carbons (Fsp3) is 0.417. The zero-order chi connectivity index (χ0) is 24.1. The third-order valence-electron chi connectivity index (χ3n) is 6.65. The van der Waals surface area contributed by atoms with Gasteiger partial charge in [0, 0.05) is 41.8 Å². The van der Waals surface area contributed by atoms with E-state index >= 15 is 0 Å². The van der Waals surface area contributed by atoms with E-state index in [9.17, 15) is 9.90 Å². The lowest BCUT2D eigenvalue weighted by molar-refractivity contribution is 0.266. The number of aromatic amines is 2. The minimum atomic E-state index is -0.468. The molecule has 0 spiro atoms. The van der Waals surface area contributed by atoms with Crippen molar-refractivity contribution in [2.45, 2.75) is 37.9 Å². The molecule has 0 amide bonds. The molecular formula is C24H28N8O2S. The van der Waals surface area contributed by atoms with E-state index in [1.165, 1.54) is 11.3 Å². The molecule has 2 fully saturated rings. The summed E-state index contributed by atoms with van der Waals surface area (Å²) in [7, 11) is 4.31. The van der Waals surface area contributed by atoms with Crippen LogP contribution in [0.5, 0.6) is 5.88 Å². The van der Waals surface area contributed by atoms with Crippen LogP contribution in [0.15, 0.2) is 34.2 Å². The number of aromatic nitrogens is 5. The first kappa shape index (κ1) is 22.2. The monoisotopic (exact) mass is 492 g/mol. The molecule has 11 heteroatoms. The van der Waals surface area contributed by atoms with E-state index in [2.05, 4.69) is 51.1 Å². The van der Waals surface area contributed by atoms with Gasteiger partial charge in [-0.25, -0.2) is 9.78 Å². The van der Waals surface area contributed by atoms with Crippen molar-refractivity contribution in [2.24, 2.45) is 4.99 Å². The number of likely N-dealkylation sites (tertiary alicyclic amines) is 1. The van der Waals surface area contributed by atoms with Crippen LogP contribution in [0.3, 0.4) is 0 Å². The van der Waals surface area contributed by atoms with E-state index in [0.717, 1.165) is 48.5 Å². The van der Waals surface area contributed by atoms with Gasteiger partial charge in [0.05, 0.1) is 22.8 Å². The Hall–Kier alpha value is -3.28. The van der Waals surface area contributed by atoms with Crippen LogP contribution in [0, 0.1) is 0 Å². The van der Waals surface area contributed by atoms with E-state index in [1.807, 2.05) is 6.07 Å². The van der Waals surface area contributed by atoms with Crippen LogP contribution in [0.2, 0.25) is 0 Å². The van der Waals surface area contributed by atoms with E-state index in [0.29, 0.717) is 22.9 Å². The highest BCUT2D eigenvalue weighted by molar-refractivity contribution is 7.15.